The van der Waals surface area contributed by atoms with E-state index in [2.05, 4.69) is 47.3 Å². The molecule has 0 saturated heterocycles. The molecule has 4 heteroatoms. The Bertz CT molecular complexity index is 584. The highest BCUT2D eigenvalue weighted by molar-refractivity contribution is 5.32. The molecule has 0 bridgehead atoms. The number of likely N-dealkylation sites (N-methyl/N-ethyl adjacent to an activating group) is 1. The van der Waals surface area contributed by atoms with Crippen LogP contribution in [0.1, 0.15) is 28.4 Å². The summed E-state index contributed by atoms with van der Waals surface area (Å²) < 4.78 is 5.16. The lowest BCUT2D eigenvalue weighted by Crippen LogP contribution is -2.20. The third-order valence-corrected chi connectivity index (χ3v) is 3.51. The molecule has 1 N–H and O–H groups in total. The number of methoxy groups -OCH3 is 1. The quantitative estimate of drug-likeness (QED) is 0.908. The lowest BCUT2D eigenvalue weighted by molar-refractivity contribution is 0.394. The van der Waals surface area contributed by atoms with E-state index in [1.54, 1.807) is 13.4 Å². The summed E-state index contributed by atoms with van der Waals surface area (Å²) in [5, 5.41) is 3.32. The standard InChI is InChI=1S/C16H21N3O/c1-11-5-6-12(2)13(7-11)8-14(17-3)15-9-16(20-4)19-10-18-15/h5-7,9-10,14,17H,8H2,1-4H3. The predicted molar refractivity (Wildman–Crippen MR) is 80.0 cm³/mol. The minimum atomic E-state index is 0.146. The van der Waals surface area contributed by atoms with Gasteiger partial charge in [0.25, 0.3) is 0 Å². The maximum absolute atomic E-state index is 5.16. The minimum Gasteiger partial charge on any atom is -0.481 e. The molecule has 2 rings (SSSR count). The molecule has 106 valence electrons. The van der Waals surface area contributed by atoms with Crippen LogP contribution in [-0.2, 0) is 6.42 Å². The average Bonchev–Trinajstić information content (AvgIpc) is 2.48. The summed E-state index contributed by atoms with van der Waals surface area (Å²) in [6, 6.07) is 8.57. The van der Waals surface area contributed by atoms with E-state index in [-0.39, 0.29) is 6.04 Å². The van der Waals surface area contributed by atoms with Crippen LogP contribution in [0.25, 0.3) is 0 Å². The molecule has 0 aliphatic heterocycles. The van der Waals surface area contributed by atoms with E-state index in [0.29, 0.717) is 5.88 Å². The Balaban J connectivity index is 2.26. The summed E-state index contributed by atoms with van der Waals surface area (Å²) in [7, 11) is 3.57. The van der Waals surface area contributed by atoms with Crippen LogP contribution in [0, 0.1) is 13.8 Å². The maximum atomic E-state index is 5.16. The van der Waals surface area contributed by atoms with Gasteiger partial charge in [-0.15, -0.1) is 0 Å². The zero-order chi connectivity index (χ0) is 14.5. The normalized spacial score (nSPS) is 12.2. The van der Waals surface area contributed by atoms with Gasteiger partial charge >= 0.3 is 0 Å². The largest absolute Gasteiger partial charge is 0.481 e. The molecule has 0 radical (unpaired) electrons. The highest BCUT2D eigenvalue weighted by atomic mass is 16.5. The molecule has 20 heavy (non-hydrogen) atoms. The Hall–Kier alpha value is -1.94. The summed E-state index contributed by atoms with van der Waals surface area (Å²) in [6.07, 6.45) is 2.44. The van der Waals surface area contributed by atoms with Gasteiger partial charge in [0.05, 0.1) is 18.8 Å². The average molecular weight is 271 g/mol. The molecule has 1 aromatic heterocycles. The van der Waals surface area contributed by atoms with E-state index >= 15 is 0 Å². The molecule has 0 spiro atoms. The number of aromatic nitrogens is 2. The van der Waals surface area contributed by atoms with Crippen molar-refractivity contribution in [2.45, 2.75) is 26.3 Å². The van der Waals surface area contributed by atoms with Crippen molar-refractivity contribution in [2.75, 3.05) is 14.2 Å². The van der Waals surface area contributed by atoms with Crippen LogP contribution >= 0.6 is 0 Å². The van der Waals surface area contributed by atoms with Crippen LogP contribution in [0.5, 0.6) is 5.88 Å². The van der Waals surface area contributed by atoms with Gasteiger partial charge in [-0.2, -0.15) is 0 Å². The highest BCUT2D eigenvalue weighted by Gasteiger charge is 2.14. The smallest absolute Gasteiger partial charge is 0.216 e. The lowest BCUT2D eigenvalue weighted by atomic mass is 9.97. The molecule has 1 unspecified atom stereocenters. The van der Waals surface area contributed by atoms with Crippen molar-refractivity contribution in [1.29, 1.82) is 0 Å². The second-order valence-electron chi connectivity index (χ2n) is 4.96. The Morgan fingerprint density at radius 3 is 2.70 bits per heavy atom. The zero-order valence-electron chi connectivity index (χ0n) is 12.5. The van der Waals surface area contributed by atoms with E-state index in [0.717, 1.165) is 12.1 Å². The Morgan fingerprint density at radius 1 is 1.20 bits per heavy atom. The van der Waals surface area contributed by atoms with Crippen LogP contribution in [0.2, 0.25) is 0 Å². The molecule has 1 heterocycles. The summed E-state index contributed by atoms with van der Waals surface area (Å²) in [6.45, 7) is 4.26. The molecule has 0 fully saturated rings. The number of hydrogen-bond acceptors (Lipinski definition) is 4. The summed E-state index contributed by atoms with van der Waals surface area (Å²) in [5.41, 5.74) is 4.86. The summed E-state index contributed by atoms with van der Waals surface area (Å²) >= 11 is 0. The summed E-state index contributed by atoms with van der Waals surface area (Å²) in [4.78, 5) is 8.41. The first-order valence-electron chi connectivity index (χ1n) is 6.73. The topological polar surface area (TPSA) is 47.0 Å². The molecule has 4 nitrogen and oxygen atoms in total. The fourth-order valence-electron chi connectivity index (χ4n) is 2.25. The van der Waals surface area contributed by atoms with E-state index in [1.807, 2.05) is 13.1 Å². The molecule has 0 amide bonds. The Labute approximate surface area is 120 Å². The van der Waals surface area contributed by atoms with Crippen molar-refractivity contribution in [3.05, 3.63) is 53.0 Å². The first-order valence-corrected chi connectivity index (χ1v) is 6.73. The fraction of sp³-hybridized carbons (Fsp3) is 0.375. The number of nitrogens with zero attached hydrogens (tertiary/aromatic N) is 2. The molecular weight excluding hydrogens is 250 g/mol. The SMILES string of the molecule is CNC(Cc1cc(C)ccc1C)c1cc(OC)ncn1. The first kappa shape index (κ1) is 14.5. The predicted octanol–water partition coefficient (Wildman–Crippen LogP) is 2.61. The molecule has 0 aliphatic rings. The van der Waals surface area contributed by atoms with Gasteiger partial charge in [-0.3, -0.25) is 0 Å². The van der Waals surface area contributed by atoms with Crippen LogP contribution in [0.3, 0.4) is 0 Å². The maximum Gasteiger partial charge on any atom is 0.216 e. The first-order chi connectivity index (χ1) is 9.63. The van der Waals surface area contributed by atoms with Crippen molar-refractivity contribution in [1.82, 2.24) is 15.3 Å². The Kier molecular flexibility index (Phi) is 4.69. The van der Waals surface area contributed by atoms with E-state index in [4.69, 9.17) is 4.74 Å². The number of aryl methyl sites for hydroxylation is 2. The van der Waals surface area contributed by atoms with Crippen molar-refractivity contribution in [3.63, 3.8) is 0 Å². The van der Waals surface area contributed by atoms with Gasteiger partial charge in [-0.1, -0.05) is 23.8 Å². The molecule has 2 aromatic rings. The van der Waals surface area contributed by atoms with Crippen molar-refractivity contribution < 1.29 is 4.74 Å². The zero-order valence-corrected chi connectivity index (χ0v) is 12.5. The third-order valence-electron chi connectivity index (χ3n) is 3.51. The molecular formula is C16H21N3O. The van der Waals surface area contributed by atoms with Crippen LogP contribution < -0.4 is 10.1 Å². The molecule has 1 atom stereocenters. The monoisotopic (exact) mass is 271 g/mol. The van der Waals surface area contributed by atoms with Gasteiger partial charge in [0.2, 0.25) is 5.88 Å². The third kappa shape index (κ3) is 3.33. The van der Waals surface area contributed by atoms with Gasteiger partial charge in [-0.05, 0) is 38.4 Å². The van der Waals surface area contributed by atoms with E-state index in [9.17, 15) is 0 Å². The lowest BCUT2D eigenvalue weighted by Gasteiger charge is -2.17. The molecule has 0 aliphatic carbocycles. The minimum absolute atomic E-state index is 0.146. The fourth-order valence-corrected chi connectivity index (χ4v) is 2.25. The van der Waals surface area contributed by atoms with Crippen LogP contribution in [0.4, 0.5) is 0 Å². The van der Waals surface area contributed by atoms with Crippen LogP contribution in [-0.4, -0.2) is 24.1 Å². The van der Waals surface area contributed by atoms with Crippen molar-refractivity contribution in [2.24, 2.45) is 0 Å². The van der Waals surface area contributed by atoms with E-state index < -0.39 is 0 Å². The Morgan fingerprint density at radius 2 is 2.00 bits per heavy atom. The number of hydrogen-bond donors (Lipinski definition) is 1. The second kappa shape index (κ2) is 6.48. The second-order valence-corrected chi connectivity index (χ2v) is 4.96. The van der Waals surface area contributed by atoms with Crippen molar-refractivity contribution in [3.8, 4) is 5.88 Å². The van der Waals surface area contributed by atoms with Crippen molar-refractivity contribution >= 4 is 0 Å². The van der Waals surface area contributed by atoms with Gasteiger partial charge in [0.1, 0.15) is 6.33 Å². The molecule has 1 aromatic carbocycles. The number of rotatable bonds is 5. The van der Waals surface area contributed by atoms with Crippen LogP contribution in [0.15, 0.2) is 30.6 Å². The number of nitrogens with one attached hydrogen (secondary N) is 1. The number of ether oxygens (including phenoxy) is 1. The van der Waals surface area contributed by atoms with E-state index in [1.165, 1.54) is 16.7 Å². The van der Waals surface area contributed by atoms with Gasteiger partial charge < -0.3 is 10.1 Å². The number of benzene rings is 1. The van der Waals surface area contributed by atoms with Gasteiger partial charge in [-0.25, -0.2) is 9.97 Å². The highest BCUT2D eigenvalue weighted by Crippen LogP contribution is 2.21. The van der Waals surface area contributed by atoms with Gasteiger partial charge in [0.15, 0.2) is 0 Å². The molecule has 0 saturated carbocycles. The summed E-state index contributed by atoms with van der Waals surface area (Å²) in [5.74, 6) is 0.594. The van der Waals surface area contributed by atoms with Gasteiger partial charge in [0, 0.05) is 6.07 Å².